The summed E-state index contributed by atoms with van der Waals surface area (Å²) in [6, 6.07) is 13.3. The van der Waals surface area contributed by atoms with Gasteiger partial charge in [0.05, 0.1) is 17.6 Å². The maximum absolute atomic E-state index is 12.8. The molecule has 0 aliphatic carbocycles. The highest BCUT2D eigenvalue weighted by Gasteiger charge is 2.17. The van der Waals surface area contributed by atoms with Crippen LogP contribution in [0.2, 0.25) is 0 Å². The number of para-hydroxylation sites is 2. The minimum atomic E-state index is -0.249. The summed E-state index contributed by atoms with van der Waals surface area (Å²) in [6.07, 6.45) is 0.998. The van der Waals surface area contributed by atoms with Crippen LogP contribution in [0, 0.1) is 13.8 Å². The van der Waals surface area contributed by atoms with E-state index in [0.717, 1.165) is 34.3 Å². The fraction of sp³-hybridized carbons (Fsp3) is 0.375. The number of benzene rings is 2. The number of nitrogens with one attached hydrogen (secondary N) is 1. The van der Waals surface area contributed by atoms with Crippen LogP contribution in [0.1, 0.15) is 30.9 Å². The maximum Gasteiger partial charge on any atom is 0.329 e. The fourth-order valence-electron chi connectivity index (χ4n) is 3.71. The van der Waals surface area contributed by atoms with E-state index in [0.29, 0.717) is 6.54 Å². The molecular weight excluding hydrogens is 392 g/mol. The van der Waals surface area contributed by atoms with Crippen molar-refractivity contribution in [1.29, 1.82) is 0 Å². The van der Waals surface area contributed by atoms with Crippen molar-refractivity contribution in [3.63, 3.8) is 0 Å². The molecule has 3 aromatic rings. The van der Waals surface area contributed by atoms with Crippen molar-refractivity contribution < 1.29 is 9.59 Å². The first-order chi connectivity index (χ1) is 14.8. The molecule has 0 unspecified atom stereocenters. The van der Waals surface area contributed by atoms with E-state index >= 15 is 0 Å². The molecule has 7 heteroatoms. The Morgan fingerprint density at radius 2 is 1.61 bits per heavy atom. The third-order valence-electron chi connectivity index (χ3n) is 5.61. The first kappa shape index (κ1) is 22.3. The first-order valence-corrected chi connectivity index (χ1v) is 10.6. The Bertz CT molecular complexity index is 1160. The number of amides is 2. The summed E-state index contributed by atoms with van der Waals surface area (Å²) < 4.78 is 3.40. The number of imidazole rings is 1. The summed E-state index contributed by atoms with van der Waals surface area (Å²) in [6.45, 7) is 6.84. The van der Waals surface area contributed by atoms with Crippen LogP contribution in [0.5, 0.6) is 0 Å². The fourth-order valence-corrected chi connectivity index (χ4v) is 3.71. The summed E-state index contributed by atoms with van der Waals surface area (Å²) in [7, 11) is 1.61. The lowest BCUT2D eigenvalue weighted by atomic mass is 10.1. The zero-order chi connectivity index (χ0) is 22.5. The molecular formula is C24H30N4O3. The SMILES string of the molecule is CCCn1c(=O)n(CCC(=O)N(C)CC(=O)Nc2cccc(C)c2C)c2ccccc21. The molecule has 0 fully saturated rings. The third-order valence-corrected chi connectivity index (χ3v) is 5.61. The second-order valence-corrected chi connectivity index (χ2v) is 7.87. The monoisotopic (exact) mass is 422 g/mol. The second-order valence-electron chi connectivity index (χ2n) is 7.87. The van der Waals surface area contributed by atoms with Crippen molar-refractivity contribution >= 4 is 28.5 Å². The molecule has 2 aromatic carbocycles. The van der Waals surface area contributed by atoms with Crippen LogP contribution < -0.4 is 11.0 Å². The third kappa shape index (κ3) is 4.87. The number of hydrogen-bond acceptors (Lipinski definition) is 3. The van der Waals surface area contributed by atoms with Gasteiger partial charge in [0.1, 0.15) is 0 Å². The van der Waals surface area contributed by atoms with Gasteiger partial charge in [0, 0.05) is 32.2 Å². The number of rotatable bonds is 8. The van der Waals surface area contributed by atoms with E-state index in [2.05, 4.69) is 5.32 Å². The summed E-state index contributed by atoms with van der Waals surface area (Å²) in [5.41, 5.74) is 4.45. The van der Waals surface area contributed by atoms with E-state index in [1.807, 2.05) is 63.2 Å². The topological polar surface area (TPSA) is 76.3 Å². The Hall–Kier alpha value is -3.35. The quantitative estimate of drug-likeness (QED) is 0.605. The Balaban J connectivity index is 1.64. The van der Waals surface area contributed by atoms with Crippen molar-refractivity contribution in [2.45, 2.75) is 46.7 Å². The molecule has 3 rings (SSSR count). The minimum Gasteiger partial charge on any atom is -0.336 e. The molecule has 0 saturated heterocycles. The van der Waals surface area contributed by atoms with Gasteiger partial charge >= 0.3 is 5.69 Å². The predicted molar refractivity (Wildman–Crippen MR) is 123 cm³/mol. The van der Waals surface area contributed by atoms with Crippen LogP contribution in [-0.4, -0.2) is 39.4 Å². The lowest BCUT2D eigenvalue weighted by molar-refractivity contribution is -0.133. The molecule has 7 nitrogen and oxygen atoms in total. The number of fused-ring (bicyclic) bond motifs is 1. The van der Waals surface area contributed by atoms with Crippen molar-refractivity contribution in [3.05, 3.63) is 64.1 Å². The average molecular weight is 423 g/mol. The van der Waals surface area contributed by atoms with Crippen LogP contribution in [0.25, 0.3) is 11.0 Å². The van der Waals surface area contributed by atoms with Gasteiger partial charge in [-0.2, -0.15) is 0 Å². The molecule has 0 bridgehead atoms. The van der Waals surface area contributed by atoms with Gasteiger partial charge in [0.25, 0.3) is 0 Å². The number of hydrogen-bond donors (Lipinski definition) is 1. The second kappa shape index (κ2) is 9.64. The Labute approximate surface area is 182 Å². The van der Waals surface area contributed by atoms with Gasteiger partial charge < -0.3 is 10.2 Å². The smallest absolute Gasteiger partial charge is 0.329 e. The number of likely N-dealkylation sites (N-methyl/N-ethyl adjacent to an activating group) is 1. The van der Waals surface area contributed by atoms with E-state index in [1.54, 1.807) is 16.2 Å². The van der Waals surface area contributed by atoms with Crippen LogP contribution in [-0.2, 0) is 22.7 Å². The summed E-state index contributed by atoms with van der Waals surface area (Å²) in [5, 5.41) is 2.87. The first-order valence-electron chi connectivity index (χ1n) is 10.6. The number of anilines is 1. The Kier molecular flexibility index (Phi) is 6.95. The molecule has 0 saturated carbocycles. The molecule has 0 radical (unpaired) electrons. The number of carbonyl (C=O) groups excluding carboxylic acids is 2. The lowest BCUT2D eigenvalue weighted by Gasteiger charge is -2.18. The number of aromatic nitrogens is 2. The van der Waals surface area contributed by atoms with Gasteiger partial charge in [-0.1, -0.05) is 31.2 Å². The van der Waals surface area contributed by atoms with Crippen molar-refractivity contribution in [2.24, 2.45) is 0 Å². The molecule has 0 atom stereocenters. The molecule has 2 amide bonds. The molecule has 0 aliphatic rings. The minimum absolute atomic E-state index is 0.0429. The zero-order valence-electron chi connectivity index (χ0n) is 18.6. The lowest BCUT2D eigenvalue weighted by Crippen LogP contribution is -2.36. The van der Waals surface area contributed by atoms with Gasteiger partial charge in [0.2, 0.25) is 11.8 Å². The van der Waals surface area contributed by atoms with E-state index < -0.39 is 0 Å². The highest BCUT2D eigenvalue weighted by atomic mass is 16.2. The van der Waals surface area contributed by atoms with E-state index in [1.165, 1.54) is 4.90 Å². The van der Waals surface area contributed by atoms with E-state index in [4.69, 9.17) is 0 Å². The van der Waals surface area contributed by atoms with E-state index in [9.17, 15) is 14.4 Å². The normalized spacial score (nSPS) is 11.0. The molecule has 1 heterocycles. The van der Waals surface area contributed by atoms with Crippen LogP contribution in [0.15, 0.2) is 47.3 Å². The summed E-state index contributed by atoms with van der Waals surface area (Å²) in [5.74, 6) is -0.434. The van der Waals surface area contributed by atoms with Crippen LogP contribution >= 0.6 is 0 Å². The van der Waals surface area contributed by atoms with Crippen LogP contribution in [0.3, 0.4) is 0 Å². The highest BCUT2D eigenvalue weighted by molar-refractivity contribution is 5.95. The van der Waals surface area contributed by atoms with Crippen molar-refractivity contribution in [1.82, 2.24) is 14.0 Å². The maximum atomic E-state index is 12.8. The van der Waals surface area contributed by atoms with Gasteiger partial charge in [0.15, 0.2) is 0 Å². The van der Waals surface area contributed by atoms with Gasteiger partial charge in [-0.25, -0.2) is 4.79 Å². The average Bonchev–Trinajstić information content (AvgIpc) is 3.01. The van der Waals surface area contributed by atoms with Crippen LogP contribution in [0.4, 0.5) is 5.69 Å². The molecule has 164 valence electrons. The zero-order valence-corrected chi connectivity index (χ0v) is 18.6. The number of carbonyl (C=O) groups is 2. The summed E-state index contributed by atoms with van der Waals surface area (Å²) in [4.78, 5) is 39.3. The highest BCUT2D eigenvalue weighted by Crippen LogP contribution is 2.18. The molecule has 0 spiro atoms. The standard InChI is InChI=1S/C24H30N4O3/c1-5-14-27-20-11-6-7-12-21(20)28(24(27)31)15-13-23(30)26(4)16-22(29)25-19-10-8-9-17(2)18(19)3/h6-12H,5,13-16H2,1-4H3,(H,25,29). The Morgan fingerprint density at radius 1 is 0.968 bits per heavy atom. The Morgan fingerprint density at radius 3 is 2.26 bits per heavy atom. The van der Waals surface area contributed by atoms with Gasteiger partial charge in [-0.3, -0.25) is 18.7 Å². The molecule has 0 aliphatic heterocycles. The van der Waals surface area contributed by atoms with Crippen molar-refractivity contribution in [3.8, 4) is 0 Å². The predicted octanol–water partition coefficient (Wildman–Crippen LogP) is 3.32. The molecule has 1 aromatic heterocycles. The largest absolute Gasteiger partial charge is 0.336 e. The van der Waals surface area contributed by atoms with Crippen molar-refractivity contribution in [2.75, 3.05) is 18.9 Å². The molecule has 31 heavy (non-hydrogen) atoms. The molecule has 1 N–H and O–H groups in total. The number of nitrogens with zero attached hydrogens (tertiary/aromatic N) is 3. The van der Waals surface area contributed by atoms with E-state index in [-0.39, 0.29) is 37.0 Å². The number of aryl methyl sites for hydroxylation is 3. The van der Waals surface area contributed by atoms with Gasteiger partial charge in [-0.05, 0) is 49.6 Å². The summed E-state index contributed by atoms with van der Waals surface area (Å²) >= 11 is 0. The van der Waals surface area contributed by atoms with Gasteiger partial charge in [-0.15, -0.1) is 0 Å².